The molecule has 0 aromatic carbocycles. The van der Waals surface area contributed by atoms with E-state index in [1.165, 1.54) is 25.7 Å². The first-order chi connectivity index (χ1) is 9.54. The van der Waals surface area contributed by atoms with Crippen LogP contribution in [0.4, 0.5) is 5.82 Å². The normalized spacial score (nSPS) is 23.0. The highest BCUT2D eigenvalue weighted by molar-refractivity contribution is 5.89. The summed E-state index contributed by atoms with van der Waals surface area (Å²) in [4.78, 5) is 14.2. The molecule has 1 amide bonds. The topological polar surface area (TPSA) is 58.4 Å². The molecule has 0 aliphatic heterocycles. The van der Waals surface area contributed by atoms with E-state index in [2.05, 4.69) is 29.3 Å². The molecule has 0 saturated heterocycles. The second-order valence-corrected chi connectivity index (χ2v) is 6.02. The lowest BCUT2D eigenvalue weighted by Crippen LogP contribution is -2.36. The molecule has 112 valence electrons. The zero-order valence-electron chi connectivity index (χ0n) is 12.7. The molecule has 1 N–H and O–H groups in total. The third-order valence-corrected chi connectivity index (χ3v) is 4.20. The quantitative estimate of drug-likeness (QED) is 0.900. The van der Waals surface area contributed by atoms with Gasteiger partial charge in [-0.2, -0.15) is 0 Å². The molecule has 0 bridgehead atoms. The molecule has 1 saturated carbocycles. The molecular weight excluding hydrogens is 254 g/mol. The Morgan fingerprint density at radius 3 is 2.75 bits per heavy atom. The maximum Gasteiger partial charge on any atom is 0.226 e. The van der Waals surface area contributed by atoms with Crippen molar-refractivity contribution in [1.82, 2.24) is 10.1 Å². The minimum Gasteiger partial charge on any atom is -0.360 e. The first-order valence-electron chi connectivity index (χ1n) is 7.48. The van der Waals surface area contributed by atoms with Gasteiger partial charge in [-0.25, -0.2) is 0 Å². The van der Waals surface area contributed by atoms with Crippen LogP contribution in [0.1, 0.15) is 44.8 Å². The number of anilines is 1. The summed E-state index contributed by atoms with van der Waals surface area (Å²) in [5.41, 5.74) is 0. The fourth-order valence-corrected chi connectivity index (χ4v) is 2.77. The van der Waals surface area contributed by atoms with Crippen molar-refractivity contribution in [3.63, 3.8) is 0 Å². The van der Waals surface area contributed by atoms with Crippen LogP contribution in [0.25, 0.3) is 0 Å². The van der Waals surface area contributed by atoms with E-state index in [4.69, 9.17) is 4.52 Å². The molecule has 0 radical (unpaired) electrons. The summed E-state index contributed by atoms with van der Waals surface area (Å²) in [5.74, 6) is 2.06. The summed E-state index contributed by atoms with van der Waals surface area (Å²) >= 11 is 0. The van der Waals surface area contributed by atoms with Crippen LogP contribution in [0.3, 0.4) is 0 Å². The average Bonchev–Trinajstić information content (AvgIpc) is 2.82. The zero-order chi connectivity index (χ0) is 14.5. The van der Waals surface area contributed by atoms with E-state index in [1.54, 1.807) is 13.0 Å². The minimum absolute atomic E-state index is 0.00525. The van der Waals surface area contributed by atoms with Crippen molar-refractivity contribution < 1.29 is 9.32 Å². The molecule has 20 heavy (non-hydrogen) atoms. The zero-order valence-corrected chi connectivity index (χ0v) is 12.7. The molecule has 1 fully saturated rings. The van der Waals surface area contributed by atoms with Crippen molar-refractivity contribution in [2.75, 3.05) is 18.9 Å². The standard InChI is InChI=1S/C15H25N3O2/c1-11-4-6-13(7-5-11)18(3)9-8-15(19)16-14-10-12(2)20-17-14/h10-11,13H,4-9H2,1-3H3,(H,16,17,19). The molecule has 5 nitrogen and oxygen atoms in total. The summed E-state index contributed by atoms with van der Waals surface area (Å²) in [6.45, 7) is 4.92. The Morgan fingerprint density at radius 1 is 1.45 bits per heavy atom. The van der Waals surface area contributed by atoms with Gasteiger partial charge in [-0.1, -0.05) is 12.1 Å². The molecule has 2 rings (SSSR count). The first kappa shape index (κ1) is 15.0. The Hall–Kier alpha value is -1.36. The van der Waals surface area contributed by atoms with Gasteiger partial charge in [-0.05, 0) is 45.6 Å². The van der Waals surface area contributed by atoms with E-state index in [9.17, 15) is 4.79 Å². The van der Waals surface area contributed by atoms with Crippen LogP contribution in [0, 0.1) is 12.8 Å². The maximum absolute atomic E-state index is 11.8. The summed E-state index contributed by atoms with van der Waals surface area (Å²) in [6.07, 6.45) is 5.61. The largest absolute Gasteiger partial charge is 0.360 e. The fraction of sp³-hybridized carbons (Fsp3) is 0.733. The van der Waals surface area contributed by atoms with Crippen molar-refractivity contribution in [2.24, 2.45) is 5.92 Å². The number of nitrogens with one attached hydrogen (secondary N) is 1. The smallest absolute Gasteiger partial charge is 0.226 e. The van der Waals surface area contributed by atoms with Crippen molar-refractivity contribution in [2.45, 2.75) is 52.0 Å². The van der Waals surface area contributed by atoms with Crippen molar-refractivity contribution in [1.29, 1.82) is 0 Å². The van der Waals surface area contributed by atoms with E-state index in [0.717, 1.165) is 12.5 Å². The number of amides is 1. The summed E-state index contributed by atoms with van der Waals surface area (Å²) in [7, 11) is 2.12. The third-order valence-electron chi connectivity index (χ3n) is 4.20. The van der Waals surface area contributed by atoms with Gasteiger partial charge in [0.1, 0.15) is 5.76 Å². The van der Waals surface area contributed by atoms with Gasteiger partial charge in [-0.3, -0.25) is 4.79 Å². The fourth-order valence-electron chi connectivity index (χ4n) is 2.77. The highest BCUT2D eigenvalue weighted by atomic mass is 16.5. The Balaban J connectivity index is 1.70. The highest BCUT2D eigenvalue weighted by Crippen LogP contribution is 2.26. The van der Waals surface area contributed by atoms with Gasteiger partial charge in [0, 0.05) is 25.1 Å². The van der Waals surface area contributed by atoms with Crippen molar-refractivity contribution >= 4 is 11.7 Å². The summed E-state index contributed by atoms with van der Waals surface area (Å²) < 4.78 is 4.92. The SMILES string of the molecule is Cc1cc(NC(=O)CCN(C)C2CCC(C)CC2)no1. The molecule has 1 aliphatic rings. The number of hydrogen-bond donors (Lipinski definition) is 1. The van der Waals surface area contributed by atoms with Crippen LogP contribution >= 0.6 is 0 Å². The lowest BCUT2D eigenvalue weighted by Gasteiger charge is -2.33. The van der Waals surface area contributed by atoms with E-state index in [1.807, 2.05) is 0 Å². The molecule has 0 unspecified atom stereocenters. The number of hydrogen-bond acceptors (Lipinski definition) is 4. The van der Waals surface area contributed by atoms with Crippen LogP contribution in [0.5, 0.6) is 0 Å². The van der Waals surface area contributed by atoms with Gasteiger partial charge >= 0.3 is 0 Å². The van der Waals surface area contributed by atoms with E-state index < -0.39 is 0 Å². The van der Waals surface area contributed by atoms with E-state index in [-0.39, 0.29) is 5.91 Å². The number of rotatable bonds is 5. The predicted molar refractivity (Wildman–Crippen MR) is 78.5 cm³/mol. The van der Waals surface area contributed by atoms with Crippen LogP contribution in [-0.2, 0) is 4.79 Å². The molecule has 5 heteroatoms. The lowest BCUT2D eigenvalue weighted by molar-refractivity contribution is -0.116. The van der Waals surface area contributed by atoms with Gasteiger partial charge in [0.15, 0.2) is 5.82 Å². The van der Waals surface area contributed by atoms with Crippen LogP contribution < -0.4 is 5.32 Å². The number of nitrogens with zero attached hydrogens (tertiary/aromatic N) is 2. The highest BCUT2D eigenvalue weighted by Gasteiger charge is 2.21. The van der Waals surface area contributed by atoms with Crippen LogP contribution in [0.2, 0.25) is 0 Å². The van der Waals surface area contributed by atoms with E-state index in [0.29, 0.717) is 24.0 Å². The maximum atomic E-state index is 11.8. The molecule has 0 atom stereocenters. The Morgan fingerprint density at radius 2 is 2.15 bits per heavy atom. The number of aromatic nitrogens is 1. The lowest BCUT2D eigenvalue weighted by atomic mass is 9.87. The molecule has 0 spiro atoms. The predicted octanol–water partition coefficient (Wildman–Crippen LogP) is 2.82. The monoisotopic (exact) mass is 279 g/mol. The summed E-state index contributed by atoms with van der Waals surface area (Å²) in [5, 5.41) is 6.52. The van der Waals surface area contributed by atoms with Gasteiger partial charge < -0.3 is 14.7 Å². The third kappa shape index (κ3) is 4.34. The molecular formula is C15H25N3O2. The second kappa shape index (κ2) is 6.88. The van der Waals surface area contributed by atoms with Gasteiger partial charge in [0.05, 0.1) is 0 Å². The number of aryl methyl sites for hydroxylation is 1. The van der Waals surface area contributed by atoms with Crippen LogP contribution in [-0.4, -0.2) is 35.6 Å². The summed E-state index contributed by atoms with van der Waals surface area (Å²) in [6, 6.07) is 2.36. The van der Waals surface area contributed by atoms with Gasteiger partial charge in [-0.15, -0.1) is 0 Å². The number of carbonyl (C=O) groups excluding carboxylic acids is 1. The van der Waals surface area contributed by atoms with Crippen molar-refractivity contribution in [3.05, 3.63) is 11.8 Å². The first-order valence-corrected chi connectivity index (χ1v) is 7.48. The Bertz CT molecular complexity index is 436. The van der Waals surface area contributed by atoms with Crippen LogP contribution in [0.15, 0.2) is 10.6 Å². The molecule has 1 aliphatic carbocycles. The minimum atomic E-state index is -0.00525. The molecule has 1 heterocycles. The molecule has 1 aromatic heterocycles. The Labute approximate surface area is 120 Å². The van der Waals surface area contributed by atoms with Gasteiger partial charge in [0.2, 0.25) is 5.91 Å². The van der Waals surface area contributed by atoms with E-state index >= 15 is 0 Å². The Kier molecular flexibility index (Phi) is 5.17. The number of carbonyl (C=O) groups is 1. The average molecular weight is 279 g/mol. The van der Waals surface area contributed by atoms with Crippen molar-refractivity contribution in [3.8, 4) is 0 Å². The molecule has 1 aromatic rings. The van der Waals surface area contributed by atoms with Gasteiger partial charge in [0.25, 0.3) is 0 Å². The second-order valence-electron chi connectivity index (χ2n) is 6.02.